The Kier molecular flexibility index (Phi) is 8.18. The highest BCUT2D eigenvalue weighted by molar-refractivity contribution is 5.90. The van der Waals surface area contributed by atoms with Crippen LogP contribution in [-0.4, -0.2) is 41.9 Å². The Morgan fingerprint density at radius 3 is 1.97 bits per heavy atom. The van der Waals surface area contributed by atoms with E-state index in [-0.39, 0.29) is 18.5 Å². The second-order valence-corrected chi connectivity index (χ2v) is 6.80. The quantitative estimate of drug-likeness (QED) is 0.353. The van der Waals surface area contributed by atoms with Crippen molar-refractivity contribution in [2.24, 2.45) is 0 Å². The van der Waals surface area contributed by atoms with Gasteiger partial charge in [0.25, 0.3) is 5.69 Å². The molecule has 9 nitrogen and oxygen atoms in total. The molecule has 2 N–H and O–H groups in total. The molecular formula is C21H22FN3O6. The van der Waals surface area contributed by atoms with Crippen LogP contribution in [0.4, 0.5) is 10.1 Å². The maximum absolute atomic E-state index is 13.1. The molecule has 2 atom stereocenters. The lowest BCUT2D eigenvalue weighted by Gasteiger charge is -2.22. The molecule has 0 aliphatic heterocycles. The maximum Gasteiger partial charge on any atom is 0.328 e. The van der Waals surface area contributed by atoms with Crippen molar-refractivity contribution in [2.75, 3.05) is 7.11 Å². The fourth-order valence-electron chi connectivity index (χ4n) is 2.91. The lowest BCUT2D eigenvalue weighted by atomic mass is 10.0. The largest absolute Gasteiger partial charge is 0.467 e. The van der Waals surface area contributed by atoms with Crippen molar-refractivity contribution in [1.29, 1.82) is 0 Å². The van der Waals surface area contributed by atoms with E-state index in [0.29, 0.717) is 11.1 Å². The third-order valence-electron chi connectivity index (χ3n) is 4.44. The van der Waals surface area contributed by atoms with Gasteiger partial charge >= 0.3 is 5.97 Å². The minimum atomic E-state index is -1.08. The van der Waals surface area contributed by atoms with Crippen molar-refractivity contribution in [3.8, 4) is 0 Å². The summed E-state index contributed by atoms with van der Waals surface area (Å²) in [7, 11) is 1.17. The summed E-state index contributed by atoms with van der Waals surface area (Å²) in [5, 5.41) is 15.9. The van der Waals surface area contributed by atoms with Crippen molar-refractivity contribution in [1.82, 2.24) is 10.6 Å². The summed E-state index contributed by atoms with van der Waals surface area (Å²) in [6.07, 6.45) is 0.108. The molecule has 2 aromatic rings. The van der Waals surface area contributed by atoms with E-state index >= 15 is 0 Å². The van der Waals surface area contributed by atoms with Crippen molar-refractivity contribution in [2.45, 2.75) is 31.8 Å². The molecule has 0 saturated carbocycles. The number of non-ortho nitro benzene ring substituents is 1. The van der Waals surface area contributed by atoms with Crippen LogP contribution in [0.15, 0.2) is 48.5 Å². The number of benzene rings is 2. The van der Waals surface area contributed by atoms with Gasteiger partial charge in [-0.1, -0.05) is 24.3 Å². The highest BCUT2D eigenvalue weighted by atomic mass is 19.1. The number of nitro benzene ring substituents is 1. The normalized spacial score (nSPS) is 12.4. The minimum absolute atomic E-state index is 0.0275. The second kappa shape index (κ2) is 10.8. The fourth-order valence-corrected chi connectivity index (χ4v) is 2.91. The van der Waals surface area contributed by atoms with Crippen molar-refractivity contribution in [3.05, 3.63) is 75.6 Å². The lowest BCUT2D eigenvalue weighted by molar-refractivity contribution is -0.384. The van der Waals surface area contributed by atoms with E-state index in [1.54, 1.807) is 0 Å². The third-order valence-corrected chi connectivity index (χ3v) is 4.44. The predicted octanol–water partition coefficient (Wildman–Crippen LogP) is 1.68. The molecule has 10 heteroatoms. The van der Waals surface area contributed by atoms with Crippen molar-refractivity contribution < 1.29 is 28.4 Å². The van der Waals surface area contributed by atoms with Gasteiger partial charge in [0.05, 0.1) is 12.0 Å². The Morgan fingerprint density at radius 1 is 0.968 bits per heavy atom. The summed E-state index contributed by atoms with van der Waals surface area (Å²) in [4.78, 5) is 46.8. The summed E-state index contributed by atoms with van der Waals surface area (Å²) in [6, 6.07) is 8.91. The number of nitrogens with one attached hydrogen (secondary N) is 2. The van der Waals surface area contributed by atoms with Crippen molar-refractivity contribution in [3.63, 3.8) is 0 Å². The highest BCUT2D eigenvalue weighted by Crippen LogP contribution is 2.14. The SMILES string of the molecule is COC(=O)[C@H](Cc1ccc([N+](=O)[O-])cc1)NC(=O)[C@H](Cc1ccc(F)cc1)NC(C)=O. The molecule has 164 valence electrons. The van der Waals surface area contributed by atoms with Crippen LogP contribution in [0.1, 0.15) is 18.1 Å². The van der Waals surface area contributed by atoms with Crippen LogP contribution in [0.25, 0.3) is 0 Å². The molecule has 0 radical (unpaired) electrons. The number of halogens is 1. The van der Waals surface area contributed by atoms with Crippen LogP contribution < -0.4 is 10.6 Å². The lowest BCUT2D eigenvalue weighted by Crippen LogP contribution is -2.53. The Morgan fingerprint density at radius 2 is 1.48 bits per heavy atom. The average Bonchev–Trinajstić information content (AvgIpc) is 2.73. The van der Waals surface area contributed by atoms with Crippen LogP contribution in [-0.2, 0) is 32.0 Å². The summed E-state index contributed by atoms with van der Waals surface area (Å²) in [6.45, 7) is 1.25. The first-order valence-corrected chi connectivity index (χ1v) is 9.32. The van der Waals surface area contributed by atoms with Gasteiger partial charge in [-0.3, -0.25) is 19.7 Å². The van der Waals surface area contributed by atoms with Crippen molar-refractivity contribution >= 4 is 23.5 Å². The number of esters is 1. The summed E-state index contributed by atoms with van der Waals surface area (Å²) in [5.41, 5.74) is 1.07. The van der Waals surface area contributed by atoms with Gasteiger partial charge in [-0.05, 0) is 23.3 Å². The Hall–Kier alpha value is -3.82. The van der Waals surface area contributed by atoms with Crippen LogP contribution in [0.2, 0.25) is 0 Å². The topological polar surface area (TPSA) is 128 Å². The first-order valence-electron chi connectivity index (χ1n) is 9.32. The molecule has 0 spiro atoms. The van der Waals surface area contributed by atoms with E-state index in [9.17, 15) is 28.9 Å². The number of hydrogen-bond donors (Lipinski definition) is 2. The minimum Gasteiger partial charge on any atom is -0.467 e. The number of ether oxygens (including phenoxy) is 1. The smallest absolute Gasteiger partial charge is 0.328 e. The van der Waals surface area contributed by atoms with Gasteiger partial charge < -0.3 is 15.4 Å². The first kappa shape index (κ1) is 23.5. The predicted molar refractivity (Wildman–Crippen MR) is 108 cm³/mol. The zero-order valence-corrected chi connectivity index (χ0v) is 17.0. The molecule has 0 aromatic heterocycles. The number of rotatable bonds is 9. The van der Waals surface area contributed by atoms with Gasteiger partial charge in [-0.2, -0.15) is 0 Å². The molecule has 2 amide bonds. The second-order valence-electron chi connectivity index (χ2n) is 6.80. The Bertz CT molecular complexity index is 947. The van der Waals surface area contributed by atoms with Gasteiger partial charge in [-0.25, -0.2) is 9.18 Å². The molecule has 0 bridgehead atoms. The van der Waals surface area contributed by atoms with E-state index in [4.69, 9.17) is 4.74 Å². The van der Waals surface area contributed by atoms with Gasteiger partial charge in [-0.15, -0.1) is 0 Å². The highest BCUT2D eigenvalue weighted by Gasteiger charge is 2.27. The number of methoxy groups -OCH3 is 1. The molecule has 0 heterocycles. The molecule has 0 unspecified atom stereocenters. The van der Waals surface area contributed by atoms with Gasteiger partial charge in [0, 0.05) is 31.9 Å². The van der Waals surface area contributed by atoms with Gasteiger partial charge in [0.2, 0.25) is 11.8 Å². The van der Waals surface area contributed by atoms with Gasteiger partial charge in [0.15, 0.2) is 0 Å². The first-order chi connectivity index (χ1) is 14.7. The van der Waals surface area contributed by atoms with E-state index < -0.39 is 40.6 Å². The molecular weight excluding hydrogens is 409 g/mol. The number of nitro groups is 1. The van der Waals surface area contributed by atoms with Crippen LogP contribution in [0.3, 0.4) is 0 Å². The van der Waals surface area contributed by atoms with E-state index in [2.05, 4.69) is 10.6 Å². The zero-order valence-electron chi connectivity index (χ0n) is 17.0. The van der Waals surface area contributed by atoms with E-state index in [0.717, 1.165) is 0 Å². The Labute approximate surface area is 177 Å². The molecule has 0 aliphatic carbocycles. The fraction of sp³-hybridized carbons (Fsp3) is 0.286. The number of carbonyl (C=O) groups excluding carboxylic acids is 3. The zero-order chi connectivity index (χ0) is 23.0. The van der Waals surface area contributed by atoms with E-state index in [1.807, 2.05) is 0 Å². The van der Waals surface area contributed by atoms with E-state index in [1.165, 1.54) is 62.6 Å². The Balaban J connectivity index is 2.16. The standard InChI is InChI=1S/C21H22FN3O6/c1-13(26)23-18(11-14-3-7-16(22)8-4-14)20(27)24-19(21(28)31-2)12-15-5-9-17(10-6-15)25(29)30/h3-10,18-19H,11-12H2,1-2H3,(H,23,26)(H,24,27)/t18-,19-/m0/s1. The molecule has 0 aliphatic rings. The molecule has 0 fully saturated rings. The summed E-state index contributed by atoms with van der Waals surface area (Å²) >= 11 is 0. The third kappa shape index (κ3) is 7.18. The van der Waals surface area contributed by atoms with Gasteiger partial charge in [0.1, 0.15) is 17.9 Å². The molecule has 2 rings (SSSR count). The monoisotopic (exact) mass is 431 g/mol. The average molecular weight is 431 g/mol. The molecule has 0 saturated heterocycles. The number of amides is 2. The summed E-state index contributed by atoms with van der Waals surface area (Å²) in [5.74, 6) is -2.22. The number of nitrogens with zero attached hydrogens (tertiary/aromatic N) is 1. The van der Waals surface area contributed by atoms with Crippen LogP contribution >= 0.6 is 0 Å². The molecule has 31 heavy (non-hydrogen) atoms. The number of hydrogen-bond acceptors (Lipinski definition) is 6. The molecule has 2 aromatic carbocycles. The summed E-state index contributed by atoms with van der Waals surface area (Å²) < 4.78 is 17.9. The number of carbonyl (C=O) groups is 3. The van der Waals surface area contributed by atoms with Crippen LogP contribution in [0, 0.1) is 15.9 Å². The maximum atomic E-state index is 13.1. The van der Waals surface area contributed by atoms with Crippen LogP contribution in [0.5, 0.6) is 0 Å².